The van der Waals surface area contributed by atoms with Crippen LogP contribution in [0.4, 0.5) is 0 Å². The Morgan fingerprint density at radius 2 is 2.50 bits per heavy atom. The van der Waals surface area contributed by atoms with Gasteiger partial charge in [0.1, 0.15) is 9.34 Å². The largest absolute Gasteiger partial charge is 0.396 e. The second-order valence-corrected chi connectivity index (χ2v) is 4.06. The van der Waals surface area contributed by atoms with Crippen molar-refractivity contribution in [1.82, 2.24) is 10.3 Å². The van der Waals surface area contributed by atoms with Crippen LogP contribution in [0.1, 0.15) is 11.4 Å². The van der Waals surface area contributed by atoms with E-state index in [1.54, 1.807) is 6.20 Å². The number of thiazole rings is 1. The summed E-state index contributed by atoms with van der Waals surface area (Å²) in [5.41, 5.74) is 0. The molecule has 0 saturated carbocycles. The van der Waals surface area contributed by atoms with E-state index in [1.165, 1.54) is 11.3 Å². The molecule has 1 aromatic rings. The number of aliphatic hydroxyl groups is 1. The Kier molecular flexibility index (Phi) is 4.53. The van der Waals surface area contributed by atoms with Crippen LogP contribution in [0, 0.1) is 0 Å². The van der Waals surface area contributed by atoms with Gasteiger partial charge in [0, 0.05) is 13.2 Å². The van der Waals surface area contributed by atoms with Gasteiger partial charge < -0.3 is 10.4 Å². The highest BCUT2D eigenvalue weighted by Crippen LogP contribution is 2.17. The van der Waals surface area contributed by atoms with Gasteiger partial charge in [-0.05, 0) is 13.0 Å². The van der Waals surface area contributed by atoms with E-state index in [0.717, 1.165) is 24.5 Å². The number of hydrogen-bond donors (Lipinski definition) is 2. The second kappa shape index (κ2) is 5.48. The van der Waals surface area contributed by atoms with Crippen LogP contribution >= 0.6 is 22.9 Å². The lowest BCUT2D eigenvalue weighted by molar-refractivity contribution is 0.286. The molecule has 12 heavy (non-hydrogen) atoms. The van der Waals surface area contributed by atoms with E-state index >= 15 is 0 Å². The van der Waals surface area contributed by atoms with Gasteiger partial charge in [0.05, 0.1) is 6.20 Å². The quantitative estimate of drug-likeness (QED) is 0.714. The minimum Gasteiger partial charge on any atom is -0.396 e. The highest BCUT2D eigenvalue weighted by Gasteiger charge is 1.97. The molecule has 0 aliphatic heterocycles. The number of rotatable bonds is 5. The molecule has 1 heterocycles. The average molecular weight is 207 g/mol. The molecule has 1 rings (SSSR count). The Labute approximate surface area is 80.4 Å². The zero-order valence-electron chi connectivity index (χ0n) is 6.59. The van der Waals surface area contributed by atoms with Crippen molar-refractivity contribution in [3.05, 3.63) is 15.5 Å². The first-order chi connectivity index (χ1) is 5.83. The third-order valence-corrected chi connectivity index (χ3v) is 2.43. The standard InChI is InChI=1S/C7H11ClN2OS/c8-6-4-10-7(12-6)5-9-2-1-3-11/h4,9,11H,1-3,5H2. The van der Waals surface area contributed by atoms with E-state index < -0.39 is 0 Å². The van der Waals surface area contributed by atoms with Gasteiger partial charge in [-0.25, -0.2) is 4.98 Å². The zero-order valence-corrected chi connectivity index (χ0v) is 8.16. The van der Waals surface area contributed by atoms with Gasteiger partial charge in [-0.2, -0.15) is 0 Å². The molecule has 0 radical (unpaired) electrons. The molecule has 0 aromatic carbocycles. The molecule has 5 heteroatoms. The molecule has 3 nitrogen and oxygen atoms in total. The van der Waals surface area contributed by atoms with Crippen molar-refractivity contribution >= 4 is 22.9 Å². The summed E-state index contributed by atoms with van der Waals surface area (Å²) in [6.07, 6.45) is 2.42. The Morgan fingerprint density at radius 3 is 3.08 bits per heavy atom. The number of aromatic nitrogens is 1. The van der Waals surface area contributed by atoms with Crippen LogP contribution < -0.4 is 5.32 Å². The smallest absolute Gasteiger partial charge is 0.113 e. The van der Waals surface area contributed by atoms with Crippen LogP contribution in [0.15, 0.2) is 6.20 Å². The lowest BCUT2D eigenvalue weighted by atomic mass is 10.4. The second-order valence-electron chi connectivity index (χ2n) is 2.31. The number of aliphatic hydroxyl groups excluding tert-OH is 1. The summed E-state index contributed by atoms with van der Waals surface area (Å²) in [6, 6.07) is 0. The van der Waals surface area contributed by atoms with E-state index in [1.807, 2.05) is 0 Å². The van der Waals surface area contributed by atoms with Gasteiger partial charge in [-0.1, -0.05) is 11.6 Å². The van der Waals surface area contributed by atoms with E-state index in [0.29, 0.717) is 4.34 Å². The third-order valence-electron chi connectivity index (χ3n) is 1.31. The normalized spacial score (nSPS) is 10.5. The summed E-state index contributed by atoms with van der Waals surface area (Å²) in [5.74, 6) is 0. The highest BCUT2D eigenvalue weighted by molar-refractivity contribution is 7.15. The molecule has 0 aliphatic rings. The summed E-state index contributed by atoms with van der Waals surface area (Å²) in [5, 5.41) is 12.6. The third kappa shape index (κ3) is 3.49. The van der Waals surface area contributed by atoms with Crippen molar-refractivity contribution in [2.24, 2.45) is 0 Å². The lowest BCUT2D eigenvalue weighted by Gasteiger charge is -1.98. The molecule has 0 fully saturated rings. The molecule has 0 atom stereocenters. The van der Waals surface area contributed by atoms with Gasteiger partial charge in [0.15, 0.2) is 0 Å². The Morgan fingerprint density at radius 1 is 1.67 bits per heavy atom. The lowest BCUT2D eigenvalue weighted by Crippen LogP contribution is -2.15. The van der Waals surface area contributed by atoms with Gasteiger partial charge in [-0.3, -0.25) is 0 Å². The fourth-order valence-corrected chi connectivity index (χ4v) is 1.70. The minimum absolute atomic E-state index is 0.228. The number of halogens is 1. The maximum atomic E-state index is 8.49. The monoisotopic (exact) mass is 206 g/mol. The molecule has 1 aromatic heterocycles. The first-order valence-electron chi connectivity index (χ1n) is 3.74. The summed E-state index contributed by atoms with van der Waals surface area (Å²) in [6.45, 7) is 1.77. The zero-order chi connectivity index (χ0) is 8.81. The fraction of sp³-hybridized carbons (Fsp3) is 0.571. The van der Waals surface area contributed by atoms with Crippen LogP contribution in [0.2, 0.25) is 4.34 Å². The molecular weight excluding hydrogens is 196 g/mol. The molecule has 68 valence electrons. The van der Waals surface area contributed by atoms with Crippen molar-refractivity contribution in [3.63, 3.8) is 0 Å². The predicted molar refractivity (Wildman–Crippen MR) is 50.5 cm³/mol. The van der Waals surface area contributed by atoms with E-state index in [4.69, 9.17) is 16.7 Å². The van der Waals surface area contributed by atoms with Gasteiger partial charge >= 0.3 is 0 Å². The number of nitrogens with one attached hydrogen (secondary N) is 1. The first kappa shape index (κ1) is 9.92. The maximum Gasteiger partial charge on any atom is 0.113 e. The summed E-state index contributed by atoms with van der Waals surface area (Å²) < 4.78 is 0.717. The van der Waals surface area contributed by atoms with Gasteiger partial charge in [0.2, 0.25) is 0 Å². The van der Waals surface area contributed by atoms with Crippen molar-refractivity contribution in [1.29, 1.82) is 0 Å². The summed E-state index contributed by atoms with van der Waals surface area (Å²) >= 11 is 7.16. The number of hydrogen-bond acceptors (Lipinski definition) is 4. The van der Waals surface area contributed by atoms with E-state index in [2.05, 4.69) is 10.3 Å². The maximum absolute atomic E-state index is 8.49. The van der Waals surface area contributed by atoms with Crippen LogP contribution in [0.3, 0.4) is 0 Å². The summed E-state index contributed by atoms with van der Waals surface area (Å²) in [4.78, 5) is 4.07. The molecule has 2 N–H and O–H groups in total. The SMILES string of the molecule is OCCCNCc1ncc(Cl)s1. The molecule has 0 bridgehead atoms. The first-order valence-corrected chi connectivity index (χ1v) is 4.94. The van der Waals surface area contributed by atoms with Crippen LogP contribution in [0.5, 0.6) is 0 Å². The topological polar surface area (TPSA) is 45.1 Å². The highest BCUT2D eigenvalue weighted by atomic mass is 35.5. The Bertz CT molecular complexity index is 229. The van der Waals surface area contributed by atoms with E-state index in [-0.39, 0.29) is 6.61 Å². The van der Waals surface area contributed by atoms with Gasteiger partial charge in [0.25, 0.3) is 0 Å². The summed E-state index contributed by atoms with van der Waals surface area (Å²) in [7, 11) is 0. The number of nitrogens with zero attached hydrogens (tertiary/aromatic N) is 1. The predicted octanol–water partition coefficient (Wildman–Crippen LogP) is 1.27. The minimum atomic E-state index is 0.228. The molecule has 0 spiro atoms. The van der Waals surface area contributed by atoms with Crippen molar-refractivity contribution in [2.75, 3.05) is 13.2 Å². The van der Waals surface area contributed by atoms with Crippen LogP contribution in [0.25, 0.3) is 0 Å². The average Bonchev–Trinajstić information content (AvgIpc) is 2.45. The molecular formula is C7H11ClN2OS. The van der Waals surface area contributed by atoms with Crippen molar-refractivity contribution in [3.8, 4) is 0 Å². The Balaban J connectivity index is 2.15. The Hall–Kier alpha value is -0.160. The van der Waals surface area contributed by atoms with Crippen LogP contribution in [-0.2, 0) is 6.54 Å². The van der Waals surface area contributed by atoms with Crippen molar-refractivity contribution in [2.45, 2.75) is 13.0 Å². The van der Waals surface area contributed by atoms with Gasteiger partial charge in [-0.15, -0.1) is 11.3 Å². The molecule has 0 unspecified atom stereocenters. The molecule has 0 amide bonds. The van der Waals surface area contributed by atoms with Crippen LogP contribution in [-0.4, -0.2) is 23.2 Å². The van der Waals surface area contributed by atoms with E-state index in [9.17, 15) is 0 Å². The van der Waals surface area contributed by atoms with Crippen molar-refractivity contribution < 1.29 is 5.11 Å². The molecule has 0 aliphatic carbocycles. The molecule has 0 saturated heterocycles. The fourth-order valence-electron chi connectivity index (χ4n) is 0.769.